The number of nitrogens with one attached hydrogen (secondary N) is 1. The molecule has 0 bridgehead atoms. The molecule has 1 heterocycles. The zero-order valence-corrected chi connectivity index (χ0v) is 12.5. The fourth-order valence-electron chi connectivity index (χ4n) is 1.98. The highest BCUT2D eigenvalue weighted by atomic mass is 35.5. The lowest BCUT2D eigenvalue weighted by Crippen LogP contribution is -2.15. The van der Waals surface area contributed by atoms with Gasteiger partial charge in [0.2, 0.25) is 5.88 Å². The number of hydrogen-bond acceptors (Lipinski definition) is 3. The van der Waals surface area contributed by atoms with Crippen molar-refractivity contribution in [3.05, 3.63) is 52.4 Å². The van der Waals surface area contributed by atoms with E-state index in [9.17, 15) is 4.39 Å². The van der Waals surface area contributed by atoms with Crippen molar-refractivity contribution in [3.63, 3.8) is 0 Å². The van der Waals surface area contributed by atoms with E-state index in [1.54, 1.807) is 25.3 Å². The maximum atomic E-state index is 13.2. The Morgan fingerprint density at radius 3 is 2.86 bits per heavy atom. The Morgan fingerprint density at radius 2 is 2.19 bits per heavy atom. The van der Waals surface area contributed by atoms with Crippen LogP contribution in [0.5, 0.6) is 11.6 Å². The highest BCUT2D eigenvalue weighted by Crippen LogP contribution is 2.29. The molecule has 0 aliphatic heterocycles. The van der Waals surface area contributed by atoms with Gasteiger partial charge in [-0.05, 0) is 55.2 Å². The average Bonchev–Trinajstić information content (AvgIpc) is 3.27. The Hall–Kier alpha value is -1.65. The smallest absolute Gasteiger partial charge is 0.238 e. The number of pyridine rings is 1. The molecular formula is C16H16ClFN2O. The summed E-state index contributed by atoms with van der Waals surface area (Å²) in [4.78, 5) is 4.24. The van der Waals surface area contributed by atoms with Crippen LogP contribution in [0.2, 0.25) is 5.02 Å². The Morgan fingerprint density at radius 1 is 1.38 bits per heavy atom. The van der Waals surface area contributed by atoms with Gasteiger partial charge in [0.15, 0.2) is 0 Å². The van der Waals surface area contributed by atoms with Crippen LogP contribution in [0.15, 0.2) is 30.5 Å². The molecule has 0 atom stereocenters. The predicted molar refractivity (Wildman–Crippen MR) is 80.3 cm³/mol. The van der Waals surface area contributed by atoms with Crippen LogP contribution in [0.25, 0.3) is 0 Å². The summed E-state index contributed by atoms with van der Waals surface area (Å²) in [6.07, 6.45) is 4.23. The van der Waals surface area contributed by atoms with Crippen molar-refractivity contribution in [1.29, 1.82) is 0 Å². The molecule has 0 unspecified atom stereocenters. The van der Waals surface area contributed by atoms with Gasteiger partial charge < -0.3 is 10.1 Å². The summed E-state index contributed by atoms with van der Waals surface area (Å²) in [5, 5.41) is 3.85. The van der Waals surface area contributed by atoms with Gasteiger partial charge in [0.1, 0.15) is 16.6 Å². The van der Waals surface area contributed by atoms with E-state index in [4.69, 9.17) is 16.3 Å². The van der Waals surface area contributed by atoms with Gasteiger partial charge in [-0.15, -0.1) is 0 Å². The number of ether oxygens (including phenoxy) is 1. The topological polar surface area (TPSA) is 34.1 Å². The molecule has 1 aromatic carbocycles. The molecule has 2 aromatic rings. The molecule has 0 amide bonds. The van der Waals surface area contributed by atoms with Gasteiger partial charge in [-0.3, -0.25) is 0 Å². The predicted octanol–water partition coefficient (Wildman–Crippen LogP) is 4.23. The van der Waals surface area contributed by atoms with Crippen LogP contribution < -0.4 is 10.1 Å². The molecule has 1 aliphatic carbocycles. The molecule has 1 saturated carbocycles. The van der Waals surface area contributed by atoms with Gasteiger partial charge in [0.05, 0.1) is 0 Å². The zero-order valence-electron chi connectivity index (χ0n) is 11.7. The van der Waals surface area contributed by atoms with E-state index in [1.807, 2.05) is 6.07 Å². The fraction of sp³-hybridized carbons (Fsp3) is 0.312. The van der Waals surface area contributed by atoms with Crippen molar-refractivity contribution in [3.8, 4) is 11.6 Å². The van der Waals surface area contributed by atoms with Gasteiger partial charge in [0.25, 0.3) is 0 Å². The summed E-state index contributed by atoms with van der Waals surface area (Å²) in [5.74, 6) is 0.591. The third-order valence-corrected chi connectivity index (χ3v) is 3.65. The number of aromatic nitrogens is 1. The largest absolute Gasteiger partial charge is 0.438 e. The van der Waals surface area contributed by atoms with Gasteiger partial charge >= 0.3 is 0 Å². The molecule has 1 aromatic heterocycles. The minimum absolute atomic E-state index is 0.261. The van der Waals surface area contributed by atoms with Gasteiger partial charge in [-0.25, -0.2) is 9.37 Å². The number of rotatable bonds is 5. The van der Waals surface area contributed by atoms with Crippen molar-refractivity contribution in [2.45, 2.75) is 32.4 Å². The second kappa shape index (κ2) is 6.00. The van der Waals surface area contributed by atoms with E-state index in [0.29, 0.717) is 28.3 Å². The molecule has 5 heteroatoms. The molecule has 1 fully saturated rings. The maximum absolute atomic E-state index is 13.2. The van der Waals surface area contributed by atoms with E-state index in [2.05, 4.69) is 10.3 Å². The summed E-state index contributed by atoms with van der Waals surface area (Å²) < 4.78 is 18.8. The van der Waals surface area contributed by atoms with Crippen molar-refractivity contribution < 1.29 is 9.13 Å². The SMILES string of the molecule is Cc1cc(Oc2ncc(CNC3CC3)cc2Cl)ccc1F. The first-order valence-electron chi connectivity index (χ1n) is 6.93. The Labute approximate surface area is 128 Å². The molecule has 0 radical (unpaired) electrons. The second-order valence-electron chi connectivity index (χ2n) is 5.30. The van der Waals surface area contributed by atoms with E-state index in [0.717, 1.165) is 12.1 Å². The van der Waals surface area contributed by atoms with Crippen LogP contribution in [0.3, 0.4) is 0 Å². The Bertz CT molecular complexity index is 659. The third-order valence-electron chi connectivity index (χ3n) is 3.38. The first-order valence-corrected chi connectivity index (χ1v) is 7.31. The van der Waals surface area contributed by atoms with Gasteiger partial charge in [-0.2, -0.15) is 0 Å². The molecular weight excluding hydrogens is 291 g/mol. The minimum atomic E-state index is -0.261. The lowest BCUT2D eigenvalue weighted by Gasteiger charge is -2.09. The molecule has 0 spiro atoms. The molecule has 1 N–H and O–H groups in total. The average molecular weight is 307 g/mol. The Kier molecular flexibility index (Phi) is 4.08. The fourth-order valence-corrected chi connectivity index (χ4v) is 2.21. The van der Waals surface area contributed by atoms with E-state index >= 15 is 0 Å². The number of halogens is 2. The van der Waals surface area contributed by atoms with Crippen LogP contribution in [0.1, 0.15) is 24.0 Å². The molecule has 110 valence electrons. The molecule has 0 saturated heterocycles. The summed E-state index contributed by atoms with van der Waals surface area (Å²) >= 11 is 6.19. The molecule has 1 aliphatic rings. The lowest BCUT2D eigenvalue weighted by atomic mass is 10.2. The lowest BCUT2D eigenvalue weighted by molar-refractivity contribution is 0.460. The van der Waals surface area contributed by atoms with Gasteiger partial charge in [-0.1, -0.05) is 11.6 Å². The van der Waals surface area contributed by atoms with Crippen LogP contribution in [-0.2, 0) is 6.54 Å². The van der Waals surface area contributed by atoms with E-state index < -0.39 is 0 Å². The normalized spacial score (nSPS) is 14.2. The standard InChI is InChI=1S/C16H16ClFN2O/c1-10-6-13(4-5-15(10)18)21-16-14(17)7-11(9-20-16)8-19-12-2-3-12/h4-7,9,12,19H,2-3,8H2,1H3. The summed E-state index contributed by atoms with van der Waals surface area (Å²) in [6.45, 7) is 2.44. The molecule has 3 rings (SSSR count). The minimum Gasteiger partial charge on any atom is -0.438 e. The summed E-state index contributed by atoms with van der Waals surface area (Å²) in [6, 6.07) is 7.03. The Balaban J connectivity index is 1.70. The summed E-state index contributed by atoms with van der Waals surface area (Å²) in [5.41, 5.74) is 1.54. The van der Waals surface area contributed by atoms with Crippen molar-refractivity contribution in [2.75, 3.05) is 0 Å². The monoisotopic (exact) mass is 306 g/mol. The van der Waals surface area contributed by atoms with Crippen molar-refractivity contribution in [1.82, 2.24) is 10.3 Å². The van der Waals surface area contributed by atoms with Crippen LogP contribution in [0.4, 0.5) is 4.39 Å². The summed E-state index contributed by atoms with van der Waals surface area (Å²) in [7, 11) is 0. The van der Waals surface area contributed by atoms with Crippen LogP contribution in [0, 0.1) is 12.7 Å². The van der Waals surface area contributed by atoms with E-state index in [-0.39, 0.29) is 5.82 Å². The molecule has 3 nitrogen and oxygen atoms in total. The third kappa shape index (κ3) is 3.71. The number of benzene rings is 1. The number of hydrogen-bond donors (Lipinski definition) is 1. The van der Waals surface area contributed by atoms with Crippen LogP contribution >= 0.6 is 11.6 Å². The zero-order chi connectivity index (χ0) is 14.8. The maximum Gasteiger partial charge on any atom is 0.238 e. The number of nitrogens with zero attached hydrogens (tertiary/aromatic N) is 1. The van der Waals surface area contributed by atoms with Gasteiger partial charge in [0, 0.05) is 18.8 Å². The first-order chi connectivity index (χ1) is 10.1. The van der Waals surface area contributed by atoms with Crippen LogP contribution in [-0.4, -0.2) is 11.0 Å². The second-order valence-corrected chi connectivity index (χ2v) is 5.71. The highest BCUT2D eigenvalue weighted by Gasteiger charge is 2.20. The first kappa shape index (κ1) is 14.3. The van der Waals surface area contributed by atoms with Crippen molar-refractivity contribution >= 4 is 11.6 Å². The highest BCUT2D eigenvalue weighted by molar-refractivity contribution is 6.31. The van der Waals surface area contributed by atoms with E-state index in [1.165, 1.54) is 18.9 Å². The van der Waals surface area contributed by atoms with Crippen molar-refractivity contribution in [2.24, 2.45) is 0 Å². The molecule has 21 heavy (non-hydrogen) atoms. The number of aryl methyl sites for hydroxylation is 1. The quantitative estimate of drug-likeness (QED) is 0.897.